The zero-order chi connectivity index (χ0) is 19.2. The molecule has 0 unspecified atom stereocenters. The van der Waals surface area contributed by atoms with Crippen LogP contribution in [0.2, 0.25) is 0 Å². The lowest BCUT2D eigenvalue weighted by molar-refractivity contribution is -0.129. The van der Waals surface area contributed by atoms with Crippen LogP contribution in [0.25, 0.3) is 12.2 Å². The summed E-state index contributed by atoms with van der Waals surface area (Å²) in [5.74, 6) is 1.65. The van der Waals surface area contributed by atoms with Crippen LogP contribution in [0, 0.1) is 0 Å². The molecule has 0 aliphatic carbocycles. The SMILES string of the molecule is COc1ccc(OC)c(C=C2N=C(C=Cc3ccccc3OC)OC2=O)c1. The predicted octanol–water partition coefficient (Wildman–Crippen LogP) is 3.72. The number of methoxy groups -OCH3 is 3. The standard InChI is InChI=1S/C21H19NO5/c1-24-16-9-10-19(26-3)15(12-16)13-17-21(23)27-20(22-17)11-8-14-6-4-5-7-18(14)25-2/h4-13H,1-3H3. The zero-order valence-corrected chi connectivity index (χ0v) is 15.3. The molecule has 0 atom stereocenters. The van der Waals surface area contributed by atoms with E-state index in [0.717, 1.165) is 11.3 Å². The predicted molar refractivity (Wildman–Crippen MR) is 103 cm³/mol. The van der Waals surface area contributed by atoms with Crippen molar-refractivity contribution in [3.05, 3.63) is 65.4 Å². The topological polar surface area (TPSA) is 66.3 Å². The van der Waals surface area contributed by atoms with Gasteiger partial charge >= 0.3 is 5.97 Å². The lowest BCUT2D eigenvalue weighted by Gasteiger charge is -2.07. The van der Waals surface area contributed by atoms with Gasteiger partial charge in [0.05, 0.1) is 21.3 Å². The molecule has 3 rings (SSSR count). The summed E-state index contributed by atoms with van der Waals surface area (Å²) < 4.78 is 21.0. The van der Waals surface area contributed by atoms with Crippen molar-refractivity contribution >= 4 is 24.0 Å². The molecule has 0 N–H and O–H groups in total. The van der Waals surface area contributed by atoms with Crippen molar-refractivity contribution in [2.45, 2.75) is 0 Å². The molecular formula is C21H19NO5. The monoisotopic (exact) mass is 365 g/mol. The molecule has 138 valence electrons. The Morgan fingerprint density at radius 3 is 2.37 bits per heavy atom. The molecule has 0 bridgehead atoms. The summed E-state index contributed by atoms with van der Waals surface area (Å²) in [5, 5.41) is 0. The highest BCUT2D eigenvalue weighted by Gasteiger charge is 2.22. The molecule has 0 saturated carbocycles. The Bertz CT molecular complexity index is 943. The van der Waals surface area contributed by atoms with Crippen LogP contribution in [-0.2, 0) is 9.53 Å². The lowest BCUT2D eigenvalue weighted by Crippen LogP contribution is -2.01. The molecule has 6 heteroatoms. The fourth-order valence-corrected chi connectivity index (χ4v) is 2.56. The molecule has 2 aromatic carbocycles. The number of hydrogen-bond acceptors (Lipinski definition) is 6. The van der Waals surface area contributed by atoms with Crippen LogP contribution in [0.15, 0.2) is 59.2 Å². The summed E-state index contributed by atoms with van der Waals surface area (Å²) in [5.41, 5.74) is 1.70. The average molecular weight is 365 g/mol. The molecule has 0 aromatic heterocycles. The summed E-state index contributed by atoms with van der Waals surface area (Å²) in [4.78, 5) is 16.4. The summed E-state index contributed by atoms with van der Waals surface area (Å²) >= 11 is 0. The molecule has 0 amide bonds. The number of ether oxygens (including phenoxy) is 4. The largest absolute Gasteiger partial charge is 0.497 e. The van der Waals surface area contributed by atoms with Gasteiger partial charge in [-0.3, -0.25) is 0 Å². The second kappa shape index (κ2) is 8.23. The summed E-state index contributed by atoms with van der Waals surface area (Å²) in [6.07, 6.45) is 5.01. The van der Waals surface area contributed by atoms with Crippen LogP contribution in [0.5, 0.6) is 17.2 Å². The number of nitrogens with zero attached hydrogens (tertiary/aromatic N) is 1. The minimum Gasteiger partial charge on any atom is -0.497 e. The van der Waals surface area contributed by atoms with Gasteiger partial charge in [0.25, 0.3) is 0 Å². The highest BCUT2D eigenvalue weighted by molar-refractivity contribution is 6.11. The van der Waals surface area contributed by atoms with Gasteiger partial charge in [0.2, 0.25) is 5.90 Å². The Labute approximate surface area is 157 Å². The van der Waals surface area contributed by atoms with Crippen molar-refractivity contribution in [3.8, 4) is 17.2 Å². The maximum Gasteiger partial charge on any atom is 0.363 e. The number of benzene rings is 2. The van der Waals surface area contributed by atoms with Gasteiger partial charge in [-0.1, -0.05) is 18.2 Å². The van der Waals surface area contributed by atoms with Gasteiger partial charge in [-0.2, -0.15) is 0 Å². The fourth-order valence-electron chi connectivity index (χ4n) is 2.56. The number of carbonyl (C=O) groups is 1. The highest BCUT2D eigenvalue weighted by atomic mass is 16.6. The Morgan fingerprint density at radius 2 is 1.63 bits per heavy atom. The van der Waals surface area contributed by atoms with Crippen LogP contribution in [-0.4, -0.2) is 33.2 Å². The van der Waals surface area contributed by atoms with E-state index in [2.05, 4.69) is 4.99 Å². The van der Waals surface area contributed by atoms with Gasteiger partial charge in [0.15, 0.2) is 5.70 Å². The van der Waals surface area contributed by atoms with Gasteiger partial charge in [-0.05, 0) is 36.4 Å². The minimum atomic E-state index is -0.528. The molecule has 6 nitrogen and oxygen atoms in total. The zero-order valence-electron chi connectivity index (χ0n) is 15.3. The van der Waals surface area contributed by atoms with Crippen molar-refractivity contribution < 1.29 is 23.7 Å². The molecular weight excluding hydrogens is 346 g/mol. The third-order valence-electron chi connectivity index (χ3n) is 3.91. The van der Waals surface area contributed by atoms with E-state index in [1.807, 2.05) is 24.3 Å². The quantitative estimate of drug-likeness (QED) is 0.577. The Kier molecular flexibility index (Phi) is 5.56. The second-order valence-electron chi connectivity index (χ2n) is 5.55. The smallest absolute Gasteiger partial charge is 0.363 e. The van der Waals surface area contributed by atoms with Crippen molar-refractivity contribution in [2.24, 2.45) is 4.99 Å². The molecule has 27 heavy (non-hydrogen) atoms. The van der Waals surface area contributed by atoms with Gasteiger partial charge < -0.3 is 18.9 Å². The van der Waals surface area contributed by atoms with Gasteiger partial charge in [0.1, 0.15) is 17.2 Å². The fraction of sp³-hybridized carbons (Fsp3) is 0.143. The van der Waals surface area contributed by atoms with E-state index < -0.39 is 5.97 Å². The van der Waals surface area contributed by atoms with Gasteiger partial charge in [0, 0.05) is 17.2 Å². The molecule has 0 spiro atoms. The Balaban J connectivity index is 1.88. The van der Waals surface area contributed by atoms with Crippen LogP contribution in [0.3, 0.4) is 0 Å². The number of cyclic esters (lactones) is 1. The number of rotatable bonds is 6. The van der Waals surface area contributed by atoms with E-state index in [0.29, 0.717) is 17.1 Å². The number of aliphatic imine (C=N–C) groups is 1. The van der Waals surface area contributed by atoms with E-state index in [1.54, 1.807) is 57.8 Å². The number of carbonyl (C=O) groups excluding carboxylic acids is 1. The molecule has 0 radical (unpaired) electrons. The van der Waals surface area contributed by atoms with E-state index in [1.165, 1.54) is 0 Å². The Morgan fingerprint density at radius 1 is 0.889 bits per heavy atom. The number of esters is 1. The summed E-state index contributed by atoms with van der Waals surface area (Å²) in [7, 11) is 4.73. The average Bonchev–Trinajstić information content (AvgIpc) is 3.05. The summed E-state index contributed by atoms with van der Waals surface area (Å²) in [6, 6.07) is 12.8. The molecule has 1 aliphatic rings. The first-order valence-corrected chi connectivity index (χ1v) is 8.20. The molecule has 1 aliphatic heterocycles. The van der Waals surface area contributed by atoms with Crippen molar-refractivity contribution in [1.29, 1.82) is 0 Å². The first-order valence-electron chi connectivity index (χ1n) is 8.20. The first kappa shape index (κ1) is 18.3. The van der Waals surface area contributed by atoms with E-state index in [4.69, 9.17) is 18.9 Å². The molecule has 0 saturated heterocycles. The van der Waals surface area contributed by atoms with Crippen LogP contribution < -0.4 is 14.2 Å². The lowest BCUT2D eigenvalue weighted by atomic mass is 10.1. The van der Waals surface area contributed by atoms with Gasteiger partial charge in [-0.15, -0.1) is 0 Å². The van der Waals surface area contributed by atoms with Crippen molar-refractivity contribution in [3.63, 3.8) is 0 Å². The minimum absolute atomic E-state index is 0.182. The molecule has 1 heterocycles. The van der Waals surface area contributed by atoms with Crippen LogP contribution >= 0.6 is 0 Å². The maximum absolute atomic E-state index is 12.1. The van der Waals surface area contributed by atoms with Crippen LogP contribution in [0.4, 0.5) is 0 Å². The van der Waals surface area contributed by atoms with Crippen molar-refractivity contribution in [2.75, 3.05) is 21.3 Å². The highest BCUT2D eigenvalue weighted by Crippen LogP contribution is 2.28. The number of para-hydroxylation sites is 1. The third kappa shape index (κ3) is 4.17. The Hall–Kier alpha value is -3.54. The molecule has 2 aromatic rings. The van der Waals surface area contributed by atoms with Crippen LogP contribution in [0.1, 0.15) is 11.1 Å². The normalized spacial score (nSPS) is 15.0. The second-order valence-corrected chi connectivity index (χ2v) is 5.55. The maximum atomic E-state index is 12.1. The third-order valence-corrected chi connectivity index (χ3v) is 3.91. The van der Waals surface area contributed by atoms with Crippen molar-refractivity contribution in [1.82, 2.24) is 0 Å². The first-order chi connectivity index (χ1) is 13.1. The van der Waals surface area contributed by atoms with E-state index >= 15 is 0 Å². The van der Waals surface area contributed by atoms with E-state index in [9.17, 15) is 4.79 Å². The van der Waals surface area contributed by atoms with Gasteiger partial charge in [-0.25, -0.2) is 9.79 Å². The molecule has 0 fully saturated rings. The summed E-state index contributed by atoms with van der Waals surface area (Å²) in [6.45, 7) is 0. The number of hydrogen-bond donors (Lipinski definition) is 0. The van der Waals surface area contributed by atoms with E-state index in [-0.39, 0.29) is 11.6 Å².